The summed E-state index contributed by atoms with van der Waals surface area (Å²) in [5, 5.41) is 14.7. The maximum atomic E-state index is 15.7. The highest BCUT2D eigenvalue weighted by molar-refractivity contribution is 6.31. The van der Waals surface area contributed by atoms with Crippen LogP contribution in [0, 0.1) is 22.6 Å². The highest BCUT2D eigenvalue weighted by Gasteiger charge is 2.60. The number of nitrogens with zero attached hydrogens (tertiary/aromatic N) is 2. The third-order valence-corrected chi connectivity index (χ3v) is 8.10. The average molecular weight is 577 g/mol. The van der Waals surface area contributed by atoms with Gasteiger partial charge in [0, 0.05) is 24.6 Å². The van der Waals surface area contributed by atoms with E-state index in [0.717, 1.165) is 0 Å². The van der Waals surface area contributed by atoms with E-state index in [-0.39, 0.29) is 34.3 Å². The molecule has 4 rings (SSSR count). The van der Waals surface area contributed by atoms with Crippen molar-refractivity contribution >= 4 is 29.0 Å². The highest BCUT2D eigenvalue weighted by atomic mass is 35.5. The third-order valence-electron chi connectivity index (χ3n) is 7.59. The minimum Gasteiger partial charge on any atom is -0.348 e. The molecule has 2 aliphatic heterocycles. The van der Waals surface area contributed by atoms with Crippen molar-refractivity contribution in [2.75, 3.05) is 6.61 Å². The van der Waals surface area contributed by atoms with Gasteiger partial charge in [0.1, 0.15) is 17.0 Å². The summed E-state index contributed by atoms with van der Waals surface area (Å²) >= 11 is 12.4. The summed E-state index contributed by atoms with van der Waals surface area (Å²) in [6, 6.07) is 9.30. The molecule has 1 aromatic carbocycles. The first-order chi connectivity index (χ1) is 18.3. The molecule has 0 saturated carbocycles. The van der Waals surface area contributed by atoms with E-state index >= 15 is 4.39 Å². The molecule has 210 valence electrons. The van der Waals surface area contributed by atoms with Crippen LogP contribution in [0.1, 0.15) is 77.5 Å². The minimum absolute atomic E-state index is 0.0603. The number of hydrogen-bond donors (Lipinski definition) is 1. The second-order valence-corrected chi connectivity index (χ2v) is 13.1. The van der Waals surface area contributed by atoms with Gasteiger partial charge < -0.3 is 14.8 Å². The Labute approximate surface area is 240 Å². The van der Waals surface area contributed by atoms with Gasteiger partial charge in [0.25, 0.3) is 0 Å². The molecule has 2 aliphatic rings. The molecule has 39 heavy (non-hydrogen) atoms. The van der Waals surface area contributed by atoms with Crippen LogP contribution in [0.2, 0.25) is 10.0 Å². The maximum Gasteiger partial charge on any atom is 0.163 e. The van der Waals surface area contributed by atoms with E-state index in [1.807, 2.05) is 13.8 Å². The van der Waals surface area contributed by atoms with E-state index in [9.17, 15) is 10.1 Å². The summed E-state index contributed by atoms with van der Waals surface area (Å²) < 4.78 is 27.2. The Kier molecular flexibility index (Phi) is 8.76. The van der Waals surface area contributed by atoms with E-state index in [1.54, 1.807) is 24.3 Å². The lowest BCUT2D eigenvalue weighted by Crippen LogP contribution is -2.44. The first-order valence-electron chi connectivity index (χ1n) is 13.3. The molecule has 2 fully saturated rings. The Bertz CT molecular complexity index is 1240. The van der Waals surface area contributed by atoms with Gasteiger partial charge in [0.05, 0.1) is 40.6 Å². The fourth-order valence-corrected chi connectivity index (χ4v) is 6.24. The summed E-state index contributed by atoms with van der Waals surface area (Å²) in [4.78, 5) is 18.4. The van der Waals surface area contributed by atoms with Gasteiger partial charge >= 0.3 is 0 Å². The molecule has 5 atom stereocenters. The lowest BCUT2D eigenvalue weighted by molar-refractivity contribution is -0.139. The number of aromatic nitrogens is 1. The largest absolute Gasteiger partial charge is 0.348 e. The Morgan fingerprint density at radius 1 is 1.26 bits per heavy atom. The number of halogens is 3. The van der Waals surface area contributed by atoms with Crippen LogP contribution in [0.15, 0.2) is 36.5 Å². The molecule has 0 aliphatic carbocycles. The summed E-state index contributed by atoms with van der Waals surface area (Å²) in [6.45, 7) is 10.4. The van der Waals surface area contributed by atoms with Gasteiger partial charge in [-0.15, -0.1) is 0 Å². The summed E-state index contributed by atoms with van der Waals surface area (Å²) in [7, 11) is 0. The van der Waals surface area contributed by atoms with Crippen molar-refractivity contribution in [2.45, 2.75) is 95.6 Å². The number of pyridine rings is 1. The van der Waals surface area contributed by atoms with Crippen molar-refractivity contribution in [1.29, 1.82) is 5.26 Å². The van der Waals surface area contributed by atoms with Crippen molar-refractivity contribution in [2.24, 2.45) is 5.41 Å². The molecule has 0 spiro atoms. The van der Waals surface area contributed by atoms with Crippen molar-refractivity contribution in [3.63, 3.8) is 0 Å². The highest BCUT2D eigenvalue weighted by Crippen LogP contribution is 2.52. The average Bonchev–Trinajstić information content (AvgIpc) is 3.37. The maximum absolute atomic E-state index is 15.7. The molecule has 9 heteroatoms. The van der Waals surface area contributed by atoms with Gasteiger partial charge in [-0.25, -0.2) is 4.39 Å². The van der Waals surface area contributed by atoms with E-state index in [2.05, 4.69) is 37.1 Å². The molecule has 1 N–H and O–H groups in total. The molecule has 0 amide bonds. The van der Waals surface area contributed by atoms with Gasteiger partial charge in [-0.05, 0) is 62.3 Å². The number of Topliss-reactive ketones (excluding diaryl/α,β-unsaturated/α-hetero) is 1. The van der Waals surface area contributed by atoms with Gasteiger partial charge in [-0.1, -0.05) is 56.1 Å². The molecule has 2 aromatic rings. The van der Waals surface area contributed by atoms with Gasteiger partial charge in [0.2, 0.25) is 0 Å². The Morgan fingerprint density at radius 3 is 2.59 bits per heavy atom. The number of nitriles is 1. The molecule has 0 bridgehead atoms. The number of carbonyl (C=O) groups is 1. The van der Waals surface area contributed by atoms with Crippen LogP contribution >= 0.6 is 23.2 Å². The van der Waals surface area contributed by atoms with Crippen LogP contribution < -0.4 is 5.32 Å². The quantitative estimate of drug-likeness (QED) is 0.375. The van der Waals surface area contributed by atoms with Crippen LogP contribution in [0.3, 0.4) is 0 Å². The van der Waals surface area contributed by atoms with Crippen LogP contribution in [-0.4, -0.2) is 41.3 Å². The molecule has 0 unspecified atom stereocenters. The monoisotopic (exact) mass is 575 g/mol. The molecule has 2 saturated heterocycles. The van der Waals surface area contributed by atoms with Crippen LogP contribution in [0.5, 0.6) is 0 Å². The first-order valence-corrected chi connectivity index (χ1v) is 14.1. The molecule has 0 radical (unpaired) electrons. The predicted molar refractivity (Wildman–Crippen MR) is 149 cm³/mol. The predicted octanol–water partition coefficient (Wildman–Crippen LogP) is 6.74. The standard InChI is InChI=1S/C30H36Cl2FN3O3/c1-28(2,3)14-24-30(17-34,23-13-12-18(31)15-35-23)25(20-9-7-10-21(32)26(20)33)27(36-24)22(37)11-6-8-19-16-38-29(4,5)39-19/h7,9-10,12-13,15,19,24-25,27,36H,6,8,11,14,16H2,1-5H3/t19-,24-,25-,27-,30-/m0/s1. The summed E-state index contributed by atoms with van der Waals surface area (Å²) in [5.74, 6) is -2.22. The van der Waals surface area contributed by atoms with Gasteiger partial charge in [0.15, 0.2) is 5.79 Å². The fraction of sp³-hybridized carbons (Fsp3) is 0.567. The Hall–Kier alpha value is -2.08. The van der Waals surface area contributed by atoms with Crippen LogP contribution in [0.25, 0.3) is 0 Å². The number of ketones is 1. The van der Waals surface area contributed by atoms with Crippen molar-refractivity contribution < 1.29 is 18.7 Å². The topological polar surface area (TPSA) is 84.2 Å². The van der Waals surface area contributed by atoms with E-state index < -0.39 is 35.0 Å². The molecule has 3 heterocycles. The van der Waals surface area contributed by atoms with E-state index in [4.69, 9.17) is 32.7 Å². The third kappa shape index (κ3) is 6.31. The van der Waals surface area contributed by atoms with Crippen LogP contribution in [-0.2, 0) is 19.7 Å². The van der Waals surface area contributed by atoms with Crippen molar-refractivity contribution in [3.05, 3.63) is 63.6 Å². The number of ether oxygens (including phenoxy) is 2. The van der Waals surface area contributed by atoms with Gasteiger partial charge in [-0.3, -0.25) is 9.78 Å². The first kappa shape index (κ1) is 29.9. The zero-order valence-corrected chi connectivity index (χ0v) is 24.6. The number of rotatable bonds is 8. The lowest BCUT2D eigenvalue weighted by atomic mass is 9.64. The smallest absolute Gasteiger partial charge is 0.163 e. The van der Waals surface area contributed by atoms with E-state index in [1.165, 1.54) is 12.3 Å². The number of hydrogen-bond acceptors (Lipinski definition) is 6. The SMILES string of the molecule is CC(C)(C)C[C@@H]1N[C@@H](C(=O)CCC[C@H]2COC(C)(C)O2)[C@H](c2cccc(Cl)c2F)[C@@]1(C#N)c1ccc(Cl)cn1. The lowest BCUT2D eigenvalue weighted by Gasteiger charge is -2.36. The normalized spacial score (nSPS) is 28.4. The molecular weight excluding hydrogens is 540 g/mol. The second kappa shape index (κ2) is 11.4. The minimum atomic E-state index is -1.35. The van der Waals surface area contributed by atoms with Gasteiger partial charge in [-0.2, -0.15) is 5.26 Å². The number of carbonyl (C=O) groups excluding carboxylic acids is 1. The molecule has 1 aromatic heterocycles. The molecule has 6 nitrogen and oxygen atoms in total. The van der Waals surface area contributed by atoms with E-state index in [0.29, 0.717) is 36.6 Å². The number of benzene rings is 1. The zero-order chi connectivity index (χ0) is 28.6. The van der Waals surface area contributed by atoms with Crippen molar-refractivity contribution in [3.8, 4) is 6.07 Å². The Morgan fingerprint density at radius 2 is 2.00 bits per heavy atom. The zero-order valence-electron chi connectivity index (χ0n) is 23.1. The summed E-state index contributed by atoms with van der Waals surface area (Å²) in [6.07, 6.45) is 3.43. The molecular formula is C30H36Cl2FN3O3. The van der Waals surface area contributed by atoms with Crippen LogP contribution in [0.4, 0.5) is 4.39 Å². The second-order valence-electron chi connectivity index (χ2n) is 12.2. The van der Waals surface area contributed by atoms with Crippen molar-refractivity contribution in [1.82, 2.24) is 10.3 Å². The Balaban J connectivity index is 1.75. The number of nitrogens with one attached hydrogen (secondary N) is 1. The summed E-state index contributed by atoms with van der Waals surface area (Å²) in [5.41, 5.74) is -0.892. The fourth-order valence-electron chi connectivity index (χ4n) is 5.95.